The number of aliphatic hydroxyl groups is 2. The summed E-state index contributed by atoms with van der Waals surface area (Å²) in [4.78, 5) is 5.02. The number of allylic oxidation sites excluding steroid dienone is 2. The Morgan fingerprint density at radius 1 is 0.977 bits per heavy atom. The first-order valence-corrected chi connectivity index (χ1v) is 19.0. The van der Waals surface area contributed by atoms with Crippen molar-refractivity contribution in [2.24, 2.45) is 29.6 Å². The van der Waals surface area contributed by atoms with E-state index in [0.29, 0.717) is 5.92 Å². The molecule has 0 bridgehead atoms. The van der Waals surface area contributed by atoms with Crippen LogP contribution >= 0.6 is 0 Å². The van der Waals surface area contributed by atoms with Gasteiger partial charge in [0.25, 0.3) is 0 Å². The maximum atomic E-state index is 11.5. The molecule has 0 aromatic rings. The van der Waals surface area contributed by atoms with Gasteiger partial charge in [-0.3, -0.25) is 4.90 Å². The molecule has 2 heterocycles. The van der Waals surface area contributed by atoms with Gasteiger partial charge in [0.2, 0.25) is 0 Å². The molecule has 0 amide bonds. The molecule has 1 aliphatic carbocycles. The van der Waals surface area contributed by atoms with Gasteiger partial charge in [-0.25, -0.2) is 0 Å². The molecule has 1 saturated carbocycles. The fraction of sp³-hybridized carbons (Fsp3) is 0.897. The van der Waals surface area contributed by atoms with Gasteiger partial charge >= 0.3 is 0 Å². The molecule has 4 nitrogen and oxygen atoms in total. The first kappa shape index (κ1) is 40.3. The summed E-state index contributed by atoms with van der Waals surface area (Å²) in [5.74, 6) is 3.68. The third-order valence-corrected chi connectivity index (χ3v) is 11.0. The highest BCUT2D eigenvalue weighted by atomic mass is 16.3. The van der Waals surface area contributed by atoms with Crippen LogP contribution in [0.3, 0.4) is 0 Å². The van der Waals surface area contributed by atoms with Crippen molar-refractivity contribution in [3.8, 4) is 0 Å². The van der Waals surface area contributed by atoms with Crippen molar-refractivity contribution in [1.82, 2.24) is 9.80 Å². The highest BCUT2D eigenvalue weighted by Gasteiger charge is 2.37. The van der Waals surface area contributed by atoms with E-state index in [1.807, 2.05) is 33.8 Å². The number of unbranched alkanes of at least 4 members (excludes halogenated alkanes) is 2. The van der Waals surface area contributed by atoms with Crippen LogP contribution in [0.1, 0.15) is 152 Å². The number of aliphatic hydroxyl groups excluding tert-OH is 1. The third-order valence-electron chi connectivity index (χ3n) is 11.0. The minimum Gasteiger partial charge on any atom is -0.385 e. The van der Waals surface area contributed by atoms with Gasteiger partial charge in [0.1, 0.15) is 6.23 Å². The average molecular weight is 605 g/mol. The molecule has 0 aromatic heterocycles. The summed E-state index contributed by atoms with van der Waals surface area (Å²) >= 11 is 0. The molecule has 2 saturated heterocycles. The summed E-state index contributed by atoms with van der Waals surface area (Å²) in [5, 5.41) is 22.9. The van der Waals surface area contributed by atoms with E-state index in [1.54, 1.807) is 0 Å². The topological polar surface area (TPSA) is 46.9 Å². The Morgan fingerprint density at radius 3 is 2.28 bits per heavy atom. The molecule has 3 rings (SSSR count). The van der Waals surface area contributed by atoms with E-state index in [1.165, 1.54) is 56.9 Å². The van der Waals surface area contributed by atoms with Crippen LogP contribution in [0.25, 0.3) is 0 Å². The zero-order valence-corrected chi connectivity index (χ0v) is 30.3. The van der Waals surface area contributed by atoms with Gasteiger partial charge < -0.3 is 15.1 Å². The molecule has 4 heteroatoms. The van der Waals surface area contributed by atoms with Crippen LogP contribution < -0.4 is 0 Å². The summed E-state index contributed by atoms with van der Waals surface area (Å²) < 4.78 is 0. The van der Waals surface area contributed by atoms with Crippen LogP contribution in [0.2, 0.25) is 0 Å². The van der Waals surface area contributed by atoms with E-state index in [0.717, 1.165) is 101 Å². The molecule has 2 aliphatic heterocycles. The van der Waals surface area contributed by atoms with E-state index in [4.69, 9.17) is 0 Å². The van der Waals surface area contributed by atoms with Gasteiger partial charge in [0, 0.05) is 26.2 Å². The third kappa shape index (κ3) is 13.7. The predicted molar refractivity (Wildman–Crippen MR) is 189 cm³/mol. The van der Waals surface area contributed by atoms with Crippen molar-refractivity contribution < 1.29 is 10.2 Å². The average Bonchev–Trinajstić information content (AvgIpc) is 3.04. The van der Waals surface area contributed by atoms with Gasteiger partial charge in [-0.15, -0.1) is 6.58 Å². The van der Waals surface area contributed by atoms with Gasteiger partial charge in [0.15, 0.2) is 0 Å². The minimum atomic E-state index is -0.596. The molecule has 254 valence electrons. The Hall–Kier alpha value is -0.680. The smallest absolute Gasteiger partial charge is 0.107 e. The highest BCUT2D eigenvalue weighted by Crippen LogP contribution is 2.41. The minimum absolute atomic E-state index is 0.297. The van der Waals surface area contributed by atoms with E-state index < -0.39 is 5.60 Å². The van der Waals surface area contributed by atoms with Crippen molar-refractivity contribution in [2.45, 2.75) is 164 Å². The van der Waals surface area contributed by atoms with Gasteiger partial charge in [-0.05, 0) is 125 Å². The number of rotatable bonds is 15. The number of piperidine rings is 2. The first-order chi connectivity index (χ1) is 20.8. The van der Waals surface area contributed by atoms with Crippen LogP contribution in [0.4, 0.5) is 0 Å². The number of nitrogens with zero attached hydrogens (tertiary/aromatic N) is 2. The number of hydrogen-bond donors (Lipinski definition) is 2. The number of hydrogen-bond acceptors (Lipinski definition) is 4. The second-order valence-corrected chi connectivity index (χ2v) is 13.8. The summed E-state index contributed by atoms with van der Waals surface area (Å²) in [6.45, 7) is 26.4. The zero-order chi connectivity index (χ0) is 32.3. The molecule has 3 fully saturated rings. The molecule has 3 aliphatic rings. The maximum absolute atomic E-state index is 11.5. The molecule has 0 spiro atoms. The molecule has 2 N–H and O–H groups in total. The summed E-state index contributed by atoms with van der Waals surface area (Å²) in [6, 6.07) is 0. The first-order valence-electron chi connectivity index (χ1n) is 19.0. The van der Waals surface area contributed by atoms with Crippen LogP contribution in [0.15, 0.2) is 24.3 Å². The quantitative estimate of drug-likeness (QED) is 0.144. The molecule has 6 unspecified atom stereocenters. The SMILES string of the molecule is C=CCCCC1CCCN(C(O)CC(CCN2CCC(O)(/C(=C/CCC)CC)CC2)C2CCC(C)C(C)C2)C1.CC.CC. The van der Waals surface area contributed by atoms with Gasteiger partial charge in [-0.2, -0.15) is 0 Å². The van der Waals surface area contributed by atoms with Crippen molar-refractivity contribution in [2.75, 3.05) is 32.7 Å². The predicted octanol–water partition coefficient (Wildman–Crippen LogP) is 9.86. The van der Waals surface area contributed by atoms with Crippen LogP contribution in [-0.2, 0) is 0 Å². The fourth-order valence-corrected chi connectivity index (χ4v) is 7.94. The summed E-state index contributed by atoms with van der Waals surface area (Å²) in [5.41, 5.74) is 0.668. The Balaban J connectivity index is 0.00000221. The molecular weight excluding hydrogens is 528 g/mol. The highest BCUT2D eigenvalue weighted by molar-refractivity contribution is 5.18. The van der Waals surface area contributed by atoms with Crippen molar-refractivity contribution in [3.63, 3.8) is 0 Å². The molecule has 0 radical (unpaired) electrons. The standard InChI is InChI=1S/C35H64N2O2.2C2H6/c1-6-9-11-13-30-14-12-21-37(27-30)34(38)26-32(31-17-16-28(4)29(5)25-31)18-22-36-23-19-35(39,20-24-36)33(8-3)15-10-7-2;2*1-2/h6,15,28-32,34,38-39H,1,7-14,16-27H2,2-5H3;2*1-2H3/b33-15+;;. The van der Waals surface area contributed by atoms with Crippen LogP contribution in [0.5, 0.6) is 0 Å². The second-order valence-electron chi connectivity index (χ2n) is 13.8. The molecular formula is C39H76N2O2. The Morgan fingerprint density at radius 2 is 1.67 bits per heavy atom. The van der Waals surface area contributed by atoms with E-state index in [9.17, 15) is 10.2 Å². The largest absolute Gasteiger partial charge is 0.385 e. The van der Waals surface area contributed by atoms with Crippen molar-refractivity contribution >= 4 is 0 Å². The summed E-state index contributed by atoms with van der Waals surface area (Å²) in [6.07, 6.45) is 21.2. The fourth-order valence-electron chi connectivity index (χ4n) is 7.94. The van der Waals surface area contributed by atoms with E-state index in [-0.39, 0.29) is 6.23 Å². The van der Waals surface area contributed by atoms with Crippen LogP contribution in [0, 0.1) is 29.6 Å². The number of likely N-dealkylation sites (tertiary alicyclic amines) is 2. The molecule has 6 atom stereocenters. The lowest BCUT2D eigenvalue weighted by Crippen LogP contribution is -2.47. The lowest BCUT2D eigenvalue weighted by atomic mass is 9.69. The normalized spacial score (nSPS) is 28.1. The lowest BCUT2D eigenvalue weighted by Gasteiger charge is -2.43. The Bertz CT molecular complexity index is 729. The molecule has 43 heavy (non-hydrogen) atoms. The zero-order valence-electron chi connectivity index (χ0n) is 30.3. The van der Waals surface area contributed by atoms with Crippen LogP contribution in [-0.4, -0.2) is 64.6 Å². The van der Waals surface area contributed by atoms with Gasteiger partial charge in [-0.1, -0.05) is 80.4 Å². The van der Waals surface area contributed by atoms with E-state index in [2.05, 4.69) is 50.1 Å². The Labute approximate surface area is 269 Å². The van der Waals surface area contributed by atoms with Gasteiger partial charge in [0.05, 0.1) is 5.60 Å². The second kappa shape index (κ2) is 22.8. The van der Waals surface area contributed by atoms with Crippen molar-refractivity contribution in [3.05, 3.63) is 24.3 Å². The maximum Gasteiger partial charge on any atom is 0.107 e. The Kier molecular flexibility index (Phi) is 21.4. The summed E-state index contributed by atoms with van der Waals surface area (Å²) in [7, 11) is 0. The lowest BCUT2D eigenvalue weighted by molar-refractivity contribution is -0.0484. The monoisotopic (exact) mass is 605 g/mol. The molecule has 0 aromatic carbocycles. The van der Waals surface area contributed by atoms with E-state index >= 15 is 0 Å². The van der Waals surface area contributed by atoms with Crippen molar-refractivity contribution in [1.29, 1.82) is 0 Å².